The van der Waals surface area contributed by atoms with E-state index >= 15 is 0 Å². The summed E-state index contributed by atoms with van der Waals surface area (Å²) in [7, 11) is 3.14. The van der Waals surface area contributed by atoms with E-state index < -0.39 is 0 Å². The molecule has 21 heavy (non-hydrogen) atoms. The van der Waals surface area contributed by atoms with Gasteiger partial charge in [-0.2, -0.15) is 0 Å². The smallest absolute Gasteiger partial charge is 0.167 e. The average molecular weight is 357 g/mol. The monoisotopic (exact) mass is 356 g/mol. The highest BCUT2D eigenvalue weighted by Crippen LogP contribution is 2.33. The molecule has 2 rings (SSSR count). The fourth-order valence-corrected chi connectivity index (χ4v) is 3.20. The summed E-state index contributed by atoms with van der Waals surface area (Å²) in [5.74, 6) is 1.26. The van der Waals surface area contributed by atoms with E-state index in [1.54, 1.807) is 26.4 Å². The molecule has 0 aromatic heterocycles. The van der Waals surface area contributed by atoms with Crippen molar-refractivity contribution >= 4 is 21.7 Å². The van der Waals surface area contributed by atoms with Gasteiger partial charge >= 0.3 is 0 Å². The van der Waals surface area contributed by atoms with Crippen LogP contribution in [0.5, 0.6) is 11.5 Å². The SMILES string of the molecule is COc1cc(Br)c(C(=O)CCC2CCCCO2)c(OC)c1. The lowest BCUT2D eigenvalue weighted by atomic mass is 9.99. The van der Waals surface area contributed by atoms with Crippen molar-refractivity contribution in [2.45, 2.75) is 38.2 Å². The summed E-state index contributed by atoms with van der Waals surface area (Å²) in [6, 6.07) is 3.52. The van der Waals surface area contributed by atoms with E-state index in [-0.39, 0.29) is 11.9 Å². The topological polar surface area (TPSA) is 44.8 Å². The van der Waals surface area contributed by atoms with Gasteiger partial charge in [0.25, 0.3) is 0 Å². The zero-order valence-electron chi connectivity index (χ0n) is 12.5. The van der Waals surface area contributed by atoms with Crippen LogP contribution in [0.25, 0.3) is 0 Å². The Hall–Kier alpha value is -1.07. The van der Waals surface area contributed by atoms with E-state index in [0.29, 0.717) is 28.0 Å². The molecule has 116 valence electrons. The average Bonchev–Trinajstić information content (AvgIpc) is 2.52. The fourth-order valence-electron chi connectivity index (χ4n) is 2.56. The van der Waals surface area contributed by atoms with Crippen molar-refractivity contribution in [3.8, 4) is 11.5 Å². The summed E-state index contributed by atoms with van der Waals surface area (Å²) >= 11 is 3.43. The number of carbonyl (C=O) groups excluding carboxylic acids is 1. The summed E-state index contributed by atoms with van der Waals surface area (Å²) in [4.78, 5) is 12.5. The number of ketones is 1. The van der Waals surface area contributed by atoms with Crippen LogP contribution in [-0.4, -0.2) is 32.7 Å². The first-order valence-electron chi connectivity index (χ1n) is 7.22. The van der Waals surface area contributed by atoms with Gasteiger partial charge in [0.05, 0.1) is 25.9 Å². The molecule has 0 bridgehead atoms. The molecule has 1 unspecified atom stereocenters. The molecular weight excluding hydrogens is 336 g/mol. The minimum absolute atomic E-state index is 0.0653. The number of ether oxygens (including phenoxy) is 3. The molecule has 0 radical (unpaired) electrons. The molecule has 1 aliphatic rings. The summed E-state index contributed by atoms with van der Waals surface area (Å²) in [5, 5.41) is 0. The highest BCUT2D eigenvalue weighted by atomic mass is 79.9. The van der Waals surface area contributed by atoms with E-state index in [0.717, 1.165) is 25.9 Å². The minimum Gasteiger partial charge on any atom is -0.497 e. The van der Waals surface area contributed by atoms with E-state index in [1.807, 2.05) is 0 Å². The Bertz CT molecular complexity index is 495. The third-order valence-electron chi connectivity index (χ3n) is 3.73. The van der Waals surface area contributed by atoms with Crippen LogP contribution in [0.3, 0.4) is 0 Å². The number of rotatable bonds is 6. The van der Waals surface area contributed by atoms with Gasteiger partial charge in [0, 0.05) is 23.6 Å². The minimum atomic E-state index is 0.0653. The number of benzene rings is 1. The second-order valence-electron chi connectivity index (χ2n) is 5.14. The lowest BCUT2D eigenvalue weighted by Crippen LogP contribution is -2.20. The molecule has 0 N–H and O–H groups in total. The van der Waals surface area contributed by atoms with E-state index in [9.17, 15) is 4.79 Å². The summed E-state index contributed by atoms with van der Waals surface area (Å²) in [6.45, 7) is 0.814. The van der Waals surface area contributed by atoms with Crippen LogP contribution in [0.2, 0.25) is 0 Å². The van der Waals surface area contributed by atoms with Gasteiger partial charge in [0.1, 0.15) is 11.5 Å². The molecule has 4 nitrogen and oxygen atoms in total. The zero-order chi connectivity index (χ0) is 15.2. The Labute approximate surface area is 133 Å². The Morgan fingerprint density at radius 1 is 1.33 bits per heavy atom. The highest BCUT2D eigenvalue weighted by Gasteiger charge is 2.21. The van der Waals surface area contributed by atoms with Crippen LogP contribution in [0.15, 0.2) is 16.6 Å². The number of carbonyl (C=O) groups is 1. The maximum absolute atomic E-state index is 12.5. The number of Topliss-reactive ketones (excluding diaryl/α,β-unsaturated/α-hetero) is 1. The third-order valence-corrected chi connectivity index (χ3v) is 4.35. The summed E-state index contributed by atoms with van der Waals surface area (Å²) in [6.07, 6.45) is 4.81. The second-order valence-corrected chi connectivity index (χ2v) is 5.99. The molecule has 0 aliphatic carbocycles. The largest absolute Gasteiger partial charge is 0.497 e. The lowest BCUT2D eigenvalue weighted by Gasteiger charge is -2.22. The Morgan fingerprint density at radius 3 is 2.76 bits per heavy atom. The first-order valence-corrected chi connectivity index (χ1v) is 8.01. The van der Waals surface area contributed by atoms with Crippen molar-refractivity contribution in [2.24, 2.45) is 0 Å². The van der Waals surface area contributed by atoms with E-state index in [1.165, 1.54) is 6.42 Å². The van der Waals surface area contributed by atoms with Gasteiger partial charge in [-0.25, -0.2) is 0 Å². The molecule has 0 saturated carbocycles. The van der Waals surface area contributed by atoms with Gasteiger partial charge in [-0.15, -0.1) is 0 Å². The third kappa shape index (κ3) is 4.20. The molecule has 5 heteroatoms. The van der Waals surface area contributed by atoms with Crippen molar-refractivity contribution in [3.05, 3.63) is 22.2 Å². The van der Waals surface area contributed by atoms with E-state index in [2.05, 4.69) is 15.9 Å². The molecule has 1 saturated heterocycles. The van der Waals surface area contributed by atoms with Gasteiger partial charge in [-0.05, 0) is 47.7 Å². The molecule has 1 aromatic carbocycles. The Balaban J connectivity index is 2.07. The van der Waals surface area contributed by atoms with Crippen LogP contribution in [-0.2, 0) is 4.74 Å². The van der Waals surface area contributed by atoms with E-state index in [4.69, 9.17) is 14.2 Å². The van der Waals surface area contributed by atoms with Crippen LogP contribution >= 0.6 is 15.9 Å². The Kier molecular flexibility index (Phi) is 6.06. The van der Waals surface area contributed by atoms with Crippen LogP contribution < -0.4 is 9.47 Å². The second kappa shape index (κ2) is 7.80. The molecule has 1 aromatic rings. The van der Waals surface area contributed by atoms with Crippen molar-refractivity contribution < 1.29 is 19.0 Å². The molecule has 1 aliphatic heterocycles. The maximum atomic E-state index is 12.5. The standard InChI is InChI=1S/C16H21BrO4/c1-19-12-9-13(17)16(15(10-12)20-2)14(18)7-6-11-5-3-4-8-21-11/h9-11H,3-8H2,1-2H3. The predicted octanol–water partition coefficient (Wildman–Crippen LogP) is 4.00. The van der Waals surface area contributed by atoms with Gasteiger partial charge < -0.3 is 14.2 Å². The normalized spacial score (nSPS) is 18.3. The van der Waals surface area contributed by atoms with Crippen molar-refractivity contribution in [1.29, 1.82) is 0 Å². The molecule has 1 atom stereocenters. The van der Waals surface area contributed by atoms with Crippen LogP contribution in [0.4, 0.5) is 0 Å². The number of halogens is 1. The van der Waals surface area contributed by atoms with Gasteiger partial charge in [-0.1, -0.05) is 0 Å². The first-order chi connectivity index (χ1) is 10.2. The van der Waals surface area contributed by atoms with Crippen LogP contribution in [0.1, 0.15) is 42.5 Å². The fraction of sp³-hybridized carbons (Fsp3) is 0.562. The molecule has 0 amide bonds. The molecule has 1 heterocycles. The Morgan fingerprint density at radius 2 is 2.14 bits per heavy atom. The number of hydrogen-bond donors (Lipinski definition) is 0. The molecule has 1 fully saturated rings. The van der Waals surface area contributed by atoms with Gasteiger partial charge in [0.15, 0.2) is 5.78 Å². The van der Waals surface area contributed by atoms with Gasteiger partial charge in [-0.3, -0.25) is 4.79 Å². The summed E-state index contributed by atoms with van der Waals surface area (Å²) in [5.41, 5.74) is 0.578. The van der Waals surface area contributed by atoms with Crippen LogP contribution in [0, 0.1) is 0 Å². The van der Waals surface area contributed by atoms with Gasteiger partial charge in [0.2, 0.25) is 0 Å². The first kappa shape index (κ1) is 16.3. The lowest BCUT2D eigenvalue weighted by molar-refractivity contribution is 0.0104. The van der Waals surface area contributed by atoms with Crippen molar-refractivity contribution in [3.63, 3.8) is 0 Å². The number of methoxy groups -OCH3 is 2. The van der Waals surface area contributed by atoms with Crippen molar-refractivity contribution in [2.75, 3.05) is 20.8 Å². The maximum Gasteiger partial charge on any atom is 0.167 e. The zero-order valence-corrected chi connectivity index (χ0v) is 14.1. The summed E-state index contributed by atoms with van der Waals surface area (Å²) < 4.78 is 16.9. The predicted molar refractivity (Wildman–Crippen MR) is 84.4 cm³/mol. The number of hydrogen-bond acceptors (Lipinski definition) is 4. The highest BCUT2D eigenvalue weighted by molar-refractivity contribution is 9.10. The molecule has 0 spiro atoms. The molecular formula is C16H21BrO4. The van der Waals surface area contributed by atoms with Crippen molar-refractivity contribution in [1.82, 2.24) is 0 Å². The quantitative estimate of drug-likeness (QED) is 0.722.